The van der Waals surface area contributed by atoms with Crippen LogP contribution in [0, 0.1) is 16.7 Å². The van der Waals surface area contributed by atoms with Gasteiger partial charge in [-0.05, 0) is 86.8 Å². The molecule has 1 aliphatic carbocycles. The van der Waals surface area contributed by atoms with Crippen LogP contribution in [0.3, 0.4) is 0 Å². The van der Waals surface area contributed by atoms with E-state index in [1.54, 1.807) is 0 Å². The summed E-state index contributed by atoms with van der Waals surface area (Å²) in [5.41, 5.74) is -2.10. The quantitative estimate of drug-likeness (QED) is 0.227. The highest BCUT2D eigenvalue weighted by Crippen LogP contribution is 2.39. The van der Waals surface area contributed by atoms with E-state index in [9.17, 15) is 36.3 Å². The first-order chi connectivity index (χ1) is 20.8. The third kappa shape index (κ3) is 9.54. The first-order valence-corrected chi connectivity index (χ1v) is 15.0. The molecule has 3 amide bonds. The molecule has 3 N–H and O–H groups in total. The molecule has 0 unspecified atom stereocenters. The van der Waals surface area contributed by atoms with E-state index in [4.69, 9.17) is 16.3 Å². The third-order valence-electron chi connectivity index (χ3n) is 8.14. The van der Waals surface area contributed by atoms with Crippen LogP contribution in [-0.4, -0.2) is 43.0 Å². The van der Waals surface area contributed by atoms with Crippen LogP contribution in [0.2, 0.25) is 5.02 Å². The van der Waals surface area contributed by atoms with Gasteiger partial charge in [-0.1, -0.05) is 38.4 Å². The normalized spacial score (nSPS) is 17.5. The van der Waals surface area contributed by atoms with Gasteiger partial charge in [0, 0.05) is 18.3 Å². The first kappa shape index (κ1) is 36.1. The SMILES string of the molecule is CC(C)(C)C1CCC(NC(=O)c2cc(NC(=O)c3cc(CNC(=O)C(C)(C)C(F)(F)F)ccc3Cl)ccc2OCC(F)F)CC1. The molecule has 0 aliphatic heterocycles. The summed E-state index contributed by atoms with van der Waals surface area (Å²) in [6, 6.07) is 8.02. The molecule has 0 radical (unpaired) electrons. The van der Waals surface area contributed by atoms with Gasteiger partial charge in [0.25, 0.3) is 18.2 Å². The minimum Gasteiger partial charge on any atom is -0.487 e. The summed E-state index contributed by atoms with van der Waals surface area (Å²) in [5, 5.41) is 7.82. The lowest BCUT2D eigenvalue weighted by atomic mass is 9.71. The molecule has 2 aromatic rings. The van der Waals surface area contributed by atoms with E-state index < -0.39 is 42.3 Å². The Labute approximate surface area is 264 Å². The Morgan fingerprint density at radius 3 is 2.13 bits per heavy atom. The number of amides is 3. The fraction of sp³-hybridized carbons (Fsp3) is 0.531. The van der Waals surface area contributed by atoms with Crippen LogP contribution in [0.15, 0.2) is 36.4 Å². The van der Waals surface area contributed by atoms with Gasteiger partial charge >= 0.3 is 6.18 Å². The van der Waals surface area contributed by atoms with Gasteiger partial charge in [-0.15, -0.1) is 0 Å². The number of hydrogen-bond donors (Lipinski definition) is 3. The molecule has 0 spiro atoms. The predicted molar refractivity (Wildman–Crippen MR) is 162 cm³/mol. The molecule has 248 valence electrons. The Kier molecular flexibility index (Phi) is 11.5. The standard InChI is InChI=1S/C32H39ClF5N3O4/c1-30(2,3)19-7-9-20(10-8-19)40-28(43)23-15-21(11-13-25(23)45-17-26(34)35)41-27(42)22-14-18(6-12-24(22)33)16-39-29(44)31(4,5)32(36,37)38/h6,11-15,19-20,26H,7-10,16-17H2,1-5H3,(H,39,44)(H,40,43)(H,41,42). The van der Waals surface area contributed by atoms with Crippen molar-refractivity contribution in [3.05, 3.63) is 58.1 Å². The van der Waals surface area contributed by atoms with E-state index >= 15 is 0 Å². The maximum absolute atomic E-state index is 13.3. The zero-order valence-electron chi connectivity index (χ0n) is 25.8. The summed E-state index contributed by atoms with van der Waals surface area (Å²) in [7, 11) is 0. The lowest BCUT2D eigenvalue weighted by molar-refractivity contribution is -0.211. The highest BCUT2D eigenvalue weighted by molar-refractivity contribution is 6.34. The van der Waals surface area contributed by atoms with E-state index in [0.29, 0.717) is 11.5 Å². The van der Waals surface area contributed by atoms with Gasteiger partial charge in [-0.3, -0.25) is 14.4 Å². The van der Waals surface area contributed by atoms with Crippen molar-refractivity contribution in [3.8, 4) is 5.75 Å². The molecule has 1 fully saturated rings. The van der Waals surface area contributed by atoms with Gasteiger partial charge in [0.05, 0.1) is 16.1 Å². The average Bonchev–Trinajstić information content (AvgIpc) is 2.94. The Morgan fingerprint density at radius 1 is 0.911 bits per heavy atom. The van der Waals surface area contributed by atoms with Crippen LogP contribution >= 0.6 is 11.6 Å². The van der Waals surface area contributed by atoms with E-state index in [1.807, 2.05) is 0 Å². The summed E-state index contributed by atoms with van der Waals surface area (Å²) < 4.78 is 70.6. The molecule has 0 heterocycles. The van der Waals surface area contributed by atoms with Crippen LogP contribution < -0.4 is 20.7 Å². The van der Waals surface area contributed by atoms with Crippen molar-refractivity contribution in [2.24, 2.45) is 16.7 Å². The summed E-state index contributed by atoms with van der Waals surface area (Å²) in [4.78, 5) is 38.6. The lowest BCUT2D eigenvalue weighted by Gasteiger charge is -2.37. The van der Waals surface area contributed by atoms with Crippen LogP contribution in [0.5, 0.6) is 5.75 Å². The van der Waals surface area contributed by atoms with Crippen molar-refractivity contribution < 1.29 is 41.1 Å². The van der Waals surface area contributed by atoms with Gasteiger partial charge in [-0.2, -0.15) is 13.2 Å². The van der Waals surface area contributed by atoms with Gasteiger partial charge in [-0.25, -0.2) is 8.78 Å². The summed E-state index contributed by atoms with van der Waals surface area (Å²) in [6.45, 7) is 6.85. The van der Waals surface area contributed by atoms with E-state index in [-0.39, 0.29) is 45.6 Å². The maximum atomic E-state index is 13.3. The Morgan fingerprint density at radius 2 is 1.56 bits per heavy atom. The van der Waals surface area contributed by atoms with Crippen LogP contribution in [0.25, 0.3) is 0 Å². The summed E-state index contributed by atoms with van der Waals surface area (Å²) >= 11 is 6.22. The Balaban J connectivity index is 1.76. The predicted octanol–water partition coefficient (Wildman–Crippen LogP) is 7.78. The van der Waals surface area contributed by atoms with Crippen molar-refractivity contribution >= 4 is 35.0 Å². The number of anilines is 1. The van der Waals surface area contributed by atoms with E-state index in [0.717, 1.165) is 39.5 Å². The molecular weight excluding hydrogens is 621 g/mol. The average molecular weight is 660 g/mol. The second kappa shape index (κ2) is 14.3. The van der Waals surface area contributed by atoms with Crippen molar-refractivity contribution in [2.45, 2.75) is 85.5 Å². The second-order valence-corrected chi connectivity index (χ2v) is 13.3. The highest BCUT2D eigenvalue weighted by Gasteiger charge is 2.52. The number of hydrogen-bond acceptors (Lipinski definition) is 4. The fourth-order valence-corrected chi connectivity index (χ4v) is 5.22. The molecule has 0 atom stereocenters. The monoisotopic (exact) mass is 659 g/mol. The molecule has 1 saturated carbocycles. The second-order valence-electron chi connectivity index (χ2n) is 12.9. The molecule has 1 aliphatic rings. The Bertz CT molecular complexity index is 1380. The van der Waals surface area contributed by atoms with Crippen LogP contribution in [0.1, 0.15) is 86.6 Å². The summed E-state index contributed by atoms with van der Waals surface area (Å²) in [5.74, 6) is -2.05. The molecule has 13 heteroatoms. The molecule has 0 aromatic heterocycles. The molecule has 0 saturated heterocycles. The van der Waals surface area contributed by atoms with Gasteiger partial charge in [0.15, 0.2) is 0 Å². The van der Waals surface area contributed by atoms with Crippen LogP contribution in [-0.2, 0) is 11.3 Å². The minimum absolute atomic E-state index is 0.0268. The highest BCUT2D eigenvalue weighted by atomic mass is 35.5. The number of rotatable bonds is 10. The number of nitrogens with one attached hydrogen (secondary N) is 3. The van der Waals surface area contributed by atoms with E-state index in [1.165, 1.54) is 36.4 Å². The third-order valence-corrected chi connectivity index (χ3v) is 8.47. The maximum Gasteiger partial charge on any atom is 0.402 e. The zero-order valence-corrected chi connectivity index (χ0v) is 26.6. The number of carbonyl (C=O) groups is 3. The smallest absolute Gasteiger partial charge is 0.402 e. The minimum atomic E-state index is -4.76. The Hall–Kier alpha value is -3.41. The number of halogens is 6. The van der Waals surface area contributed by atoms with Crippen molar-refractivity contribution in [1.29, 1.82) is 0 Å². The van der Waals surface area contributed by atoms with Crippen molar-refractivity contribution in [3.63, 3.8) is 0 Å². The molecule has 2 aromatic carbocycles. The molecule has 45 heavy (non-hydrogen) atoms. The summed E-state index contributed by atoms with van der Waals surface area (Å²) in [6.07, 6.45) is -4.14. The zero-order chi connectivity index (χ0) is 33.7. The van der Waals surface area contributed by atoms with Gasteiger partial charge in [0.1, 0.15) is 17.8 Å². The number of ether oxygens (including phenoxy) is 1. The first-order valence-electron chi connectivity index (χ1n) is 14.6. The largest absolute Gasteiger partial charge is 0.487 e. The van der Waals surface area contributed by atoms with E-state index in [2.05, 4.69) is 36.7 Å². The number of carbonyl (C=O) groups excluding carboxylic acids is 3. The molecule has 3 rings (SSSR count). The van der Waals surface area contributed by atoms with Gasteiger partial charge < -0.3 is 20.7 Å². The number of benzene rings is 2. The lowest BCUT2D eigenvalue weighted by Crippen LogP contribution is -2.46. The molecule has 0 bridgehead atoms. The van der Waals surface area contributed by atoms with Crippen molar-refractivity contribution in [2.75, 3.05) is 11.9 Å². The molecular formula is C32H39ClF5N3O4. The number of alkyl halides is 5. The van der Waals surface area contributed by atoms with Crippen LogP contribution in [0.4, 0.5) is 27.6 Å². The van der Waals surface area contributed by atoms with Crippen molar-refractivity contribution in [1.82, 2.24) is 10.6 Å². The fourth-order valence-electron chi connectivity index (χ4n) is 5.02. The van der Waals surface area contributed by atoms with Gasteiger partial charge in [0.2, 0.25) is 5.91 Å². The topological polar surface area (TPSA) is 96.5 Å². The molecule has 7 nitrogen and oxygen atoms in total.